The summed E-state index contributed by atoms with van der Waals surface area (Å²) < 4.78 is 36.0. The van der Waals surface area contributed by atoms with E-state index in [1.165, 1.54) is 27.2 Å². The molecule has 1 aromatic rings. The Morgan fingerprint density at radius 3 is 2.35 bits per heavy atom. The van der Waals surface area contributed by atoms with Gasteiger partial charge in [-0.15, -0.1) is 0 Å². The Morgan fingerprint density at radius 2 is 1.88 bits per heavy atom. The highest BCUT2D eigenvalue weighted by Gasteiger charge is 2.33. The standard InChI is InChI=1S/C12H16F2O3/c1-12(15,11(16-2)17-3)7-8-4-5-9(13)6-10(8)14/h4-6,11,15H,7H2,1-3H3. The van der Waals surface area contributed by atoms with Gasteiger partial charge in [0.25, 0.3) is 0 Å². The Morgan fingerprint density at radius 1 is 1.29 bits per heavy atom. The molecule has 3 nitrogen and oxygen atoms in total. The second-order valence-electron chi connectivity index (χ2n) is 4.07. The van der Waals surface area contributed by atoms with Crippen LogP contribution in [0.25, 0.3) is 0 Å². The topological polar surface area (TPSA) is 38.7 Å². The number of ether oxygens (including phenoxy) is 2. The van der Waals surface area contributed by atoms with Crippen LogP contribution in [0.5, 0.6) is 0 Å². The lowest BCUT2D eigenvalue weighted by atomic mass is 9.95. The molecule has 96 valence electrons. The smallest absolute Gasteiger partial charge is 0.185 e. The number of hydrogen-bond donors (Lipinski definition) is 1. The summed E-state index contributed by atoms with van der Waals surface area (Å²) in [5.74, 6) is -1.35. The minimum atomic E-state index is -1.40. The molecule has 1 aromatic carbocycles. The minimum absolute atomic E-state index is 0.0363. The number of methoxy groups -OCH3 is 2. The number of hydrogen-bond acceptors (Lipinski definition) is 3. The molecule has 0 aliphatic rings. The van der Waals surface area contributed by atoms with E-state index in [9.17, 15) is 13.9 Å². The minimum Gasteiger partial charge on any atom is -0.385 e. The quantitative estimate of drug-likeness (QED) is 0.806. The largest absolute Gasteiger partial charge is 0.385 e. The molecule has 0 bridgehead atoms. The van der Waals surface area contributed by atoms with Crippen molar-refractivity contribution >= 4 is 0 Å². The highest BCUT2D eigenvalue weighted by Crippen LogP contribution is 2.22. The lowest BCUT2D eigenvalue weighted by Crippen LogP contribution is -2.44. The number of benzene rings is 1. The molecule has 0 saturated carbocycles. The second kappa shape index (κ2) is 5.53. The van der Waals surface area contributed by atoms with Crippen LogP contribution in [0.2, 0.25) is 0 Å². The van der Waals surface area contributed by atoms with Gasteiger partial charge in [-0.05, 0) is 18.6 Å². The van der Waals surface area contributed by atoms with Crippen LogP contribution in [-0.2, 0) is 15.9 Å². The third kappa shape index (κ3) is 3.46. The van der Waals surface area contributed by atoms with Crippen LogP contribution in [0.1, 0.15) is 12.5 Å². The van der Waals surface area contributed by atoms with E-state index in [0.29, 0.717) is 0 Å². The van der Waals surface area contributed by atoms with Crippen LogP contribution in [0, 0.1) is 11.6 Å². The molecular weight excluding hydrogens is 230 g/mol. The van der Waals surface area contributed by atoms with Crippen molar-refractivity contribution in [2.24, 2.45) is 0 Å². The molecule has 1 atom stereocenters. The average molecular weight is 246 g/mol. The van der Waals surface area contributed by atoms with Gasteiger partial charge in [0.2, 0.25) is 0 Å². The highest BCUT2D eigenvalue weighted by atomic mass is 19.1. The molecule has 0 radical (unpaired) electrons. The molecule has 1 N–H and O–H groups in total. The molecule has 0 amide bonds. The zero-order valence-electron chi connectivity index (χ0n) is 10.0. The fourth-order valence-electron chi connectivity index (χ4n) is 1.74. The lowest BCUT2D eigenvalue weighted by Gasteiger charge is -2.30. The SMILES string of the molecule is COC(OC)C(C)(O)Cc1ccc(F)cc1F. The molecule has 0 saturated heterocycles. The molecule has 0 aliphatic carbocycles. The van der Waals surface area contributed by atoms with Gasteiger partial charge in [0, 0.05) is 26.7 Å². The van der Waals surface area contributed by atoms with Crippen LogP contribution in [-0.4, -0.2) is 31.2 Å². The number of aliphatic hydroxyl groups is 1. The van der Waals surface area contributed by atoms with Crippen molar-refractivity contribution in [3.8, 4) is 0 Å². The Hall–Kier alpha value is -1.04. The molecule has 5 heteroatoms. The Labute approximate surface area is 99.0 Å². The molecule has 0 spiro atoms. The van der Waals surface area contributed by atoms with Crippen LogP contribution in [0.15, 0.2) is 18.2 Å². The summed E-state index contributed by atoms with van der Waals surface area (Å²) in [4.78, 5) is 0. The summed E-state index contributed by atoms with van der Waals surface area (Å²) in [5.41, 5.74) is -1.20. The van der Waals surface area contributed by atoms with Gasteiger partial charge in [-0.25, -0.2) is 8.78 Å². The van der Waals surface area contributed by atoms with E-state index in [2.05, 4.69) is 0 Å². The summed E-state index contributed by atoms with van der Waals surface area (Å²) >= 11 is 0. The van der Waals surface area contributed by atoms with Crippen LogP contribution >= 0.6 is 0 Å². The molecule has 1 rings (SSSR count). The Kier molecular flexibility index (Phi) is 4.56. The van der Waals surface area contributed by atoms with Crippen molar-refractivity contribution in [2.45, 2.75) is 25.2 Å². The first kappa shape index (κ1) is 14.0. The third-order valence-electron chi connectivity index (χ3n) is 2.50. The van der Waals surface area contributed by atoms with Crippen LogP contribution in [0.3, 0.4) is 0 Å². The first-order valence-corrected chi connectivity index (χ1v) is 5.12. The van der Waals surface area contributed by atoms with Gasteiger partial charge in [-0.3, -0.25) is 0 Å². The normalized spacial score (nSPS) is 15.0. The fraction of sp³-hybridized carbons (Fsp3) is 0.500. The monoisotopic (exact) mass is 246 g/mol. The van der Waals surface area contributed by atoms with Gasteiger partial charge in [0.15, 0.2) is 6.29 Å². The fourth-order valence-corrected chi connectivity index (χ4v) is 1.74. The van der Waals surface area contributed by atoms with E-state index in [1.807, 2.05) is 0 Å². The Bertz CT molecular complexity index is 376. The van der Waals surface area contributed by atoms with E-state index in [0.717, 1.165) is 12.1 Å². The van der Waals surface area contributed by atoms with Crippen molar-refractivity contribution in [2.75, 3.05) is 14.2 Å². The van der Waals surface area contributed by atoms with Crippen LogP contribution < -0.4 is 0 Å². The maximum atomic E-state index is 13.4. The summed E-state index contributed by atoms with van der Waals surface area (Å²) in [6.45, 7) is 1.47. The number of rotatable bonds is 5. The first-order chi connectivity index (χ1) is 7.90. The van der Waals surface area contributed by atoms with Gasteiger partial charge >= 0.3 is 0 Å². The summed E-state index contributed by atoms with van der Waals surface area (Å²) in [6, 6.07) is 3.21. The van der Waals surface area contributed by atoms with E-state index >= 15 is 0 Å². The average Bonchev–Trinajstić information content (AvgIpc) is 2.23. The zero-order chi connectivity index (χ0) is 13.1. The summed E-state index contributed by atoms with van der Waals surface area (Å²) in [7, 11) is 2.76. The van der Waals surface area contributed by atoms with E-state index in [4.69, 9.17) is 9.47 Å². The van der Waals surface area contributed by atoms with Gasteiger partial charge in [-0.1, -0.05) is 6.07 Å². The Balaban J connectivity index is 2.89. The predicted octanol–water partition coefficient (Wildman–Crippen LogP) is 1.88. The highest BCUT2D eigenvalue weighted by molar-refractivity contribution is 5.20. The van der Waals surface area contributed by atoms with Crippen molar-refractivity contribution in [3.05, 3.63) is 35.4 Å². The molecule has 0 aliphatic heterocycles. The first-order valence-electron chi connectivity index (χ1n) is 5.12. The van der Waals surface area contributed by atoms with Gasteiger partial charge in [-0.2, -0.15) is 0 Å². The maximum Gasteiger partial charge on any atom is 0.185 e. The molecule has 1 unspecified atom stereocenters. The van der Waals surface area contributed by atoms with E-state index in [-0.39, 0.29) is 12.0 Å². The summed E-state index contributed by atoms with van der Waals surface area (Å²) in [5, 5.41) is 10.1. The molecular formula is C12H16F2O3. The third-order valence-corrected chi connectivity index (χ3v) is 2.50. The van der Waals surface area contributed by atoms with Crippen LogP contribution in [0.4, 0.5) is 8.78 Å². The van der Waals surface area contributed by atoms with Gasteiger partial charge in [0.05, 0.1) is 0 Å². The molecule has 0 fully saturated rings. The number of halogens is 2. The van der Waals surface area contributed by atoms with Gasteiger partial charge in [0.1, 0.15) is 17.2 Å². The lowest BCUT2D eigenvalue weighted by molar-refractivity contribution is -0.207. The molecule has 0 aromatic heterocycles. The zero-order valence-corrected chi connectivity index (χ0v) is 10.0. The predicted molar refractivity (Wildman–Crippen MR) is 58.5 cm³/mol. The van der Waals surface area contributed by atoms with E-state index < -0.39 is 23.5 Å². The maximum absolute atomic E-state index is 13.4. The van der Waals surface area contributed by atoms with Crippen molar-refractivity contribution in [3.63, 3.8) is 0 Å². The van der Waals surface area contributed by atoms with Crippen molar-refractivity contribution in [1.29, 1.82) is 0 Å². The second-order valence-corrected chi connectivity index (χ2v) is 4.07. The molecule has 17 heavy (non-hydrogen) atoms. The van der Waals surface area contributed by atoms with E-state index in [1.54, 1.807) is 0 Å². The van der Waals surface area contributed by atoms with Gasteiger partial charge < -0.3 is 14.6 Å². The van der Waals surface area contributed by atoms with Crippen molar-refractivity contribution in [1.82, 2.24) is 0 Å². The summed E-state index contributed by atoms with van der Waals surface area (Å²) in [6.07, 6.45) is -0.919. The molecule has 0 heterocycles. The van der Waals surface area contributed by atoms with Crippen molar-refractivity contribution < 1.29 is 23.4 Å².